The van der Waals surface area contributed by atoms with Gasteiger partial charge in [-0.3, -0.25) is 0 Å². The molecule has 0 unspecified atom stereocenters. The number of pyridine rings is 1. The molecule has 0 saturated heterocycles. The van der Waals surface area contributed by atoms with Crippen LogP contribution in [0.2, 0.25) is 5.02 Å². The summed E-state index contributed by atoms with van der Waals surface area (Å²) in [5, 5.41) is 1.39. The molecule has 0 spiro atoms. The Hall–Kier alpha value is -1.26. The summed E-state index contributed by atoms with van der Waals surface area (Å²) in [6, 6.07) is 8.56. The Balaban J connectivity index is 2.07. The predicted octanol–water partition coefficient (Wildman–Crippen LogP) is 3.75. The Morgan fingerprint density at radius 3 is 2.82 bits per heavy atom. The summed E-state index contributed by atoms with van der Waals surface area (Å²) in [5.74, 6) is 0.139. The van der Waals surface area contributed by atoms with Gasteiger partial charge in [0.2, 0.25) is 0 Å². The number of nitrogen functional groups attached to an aromatic ring is 1. The molecule has 1 aromatic heterocycles. The van der Waals surface area contributed by atoms with Crippen molar-refractivity contribution in [2.75, 3.05) is 5.73 Å². The highest BCUT2D eigenvalue weighted by Gasteiger charge is 2.06. The minimum atomic E-state index is -0.353. The molecule has 2 aromatic rings. The molecule has 0 aliphatic rings. The summed E-state index contributed by atoms with van der Waals surface area (Å²) in [7, 11) is 0. The van der Waals surface area contributed by atoms with Gasteiger partial charge in [0, 0.05) is 17.5 Å². The molecule has 17 heavy (non-hydrogen) atoms. The van der Waals surface area contributed by atoms with Gasteiger partial charge >= 0.3 is 0 Å². The molecule has 2 nitrogen and oxygen atoms in total. The molecule has 0 radical (unpaired) electrons. The van der Waals surface area contributed by atoms with Gasteiger partial charge in [-0.1, -0.05) is 23.7 Å². The van der Waals surface area contributed by atoms with Gasteiger partial charge in [0.15, 0.2) is 0 Å². The molecule has 0 saturated carbocycles. The maximum atomic E-state index is 13.6. The molecule has 1 aromatic carbocycles. The molecule has 2 rings (SSSR count). The van der Waals surface area contributed by atoms with Crippen LogP contribution in [0.15, 0.2) is 41.6 Å². The van der Waals surface area contributed by atoms with Gasteiger partial charge in [0.25, 0.3) is 0 Å². The van der Waals surface area contributed by atoms with Gasteiger partial charge < -0.3 is 5.73 Å². The van der Waals surface area contributed by atoms with E-state index in [2.05, 4.69) is 4.98 Å². The summed E-state index contributed by atoms with van der Waals surface area (Å²) < 4.78 is 13.6. The van der Waals surface area contributed by atoms with E-state index in [0.29, 0.717) is 16.3 Å². The smallest absolute Gasteiger partial charge is 0.150 e. The first-order valence-electron chi connectivity index (χ1n) is 4.94. The lowest BCUT2D eigenvalue weighted by molar-refractivity contribution is 0.622. The number of rotatable bonds is 3. The molecule has 1 heterocycles. The number of nitrogens with zero attached hydrogens (tertiary/aromatic N) is 1. The molecule has 2 N–H and O–H groups in total. The fraction of sp³-hybridized carbons (Fsp3) is 0.0833. The van der Waals surface area contributed by atoms with Gasteiger partial charge in [-0.15, -0.1) is 11.8 Å². The number of hydrogen-bond donors (Lipinski definition) is 1. The molecule has 0 atom stereocenters. The average molecular weight is 269 g/mol. The number of benzene rings is 1. The van der Waals surface area contributed by atoms with Crippen LogP contribution in [0.25, 0.3) is 0 Å². The Kier molecular flexibility index (Phi) is 3.86. The Labute approximate surface area is 108 Å². The predicted molar refractivity (Wildman–Crippen MR) is 69.6 cm³/mol. The van der Waals surface area contributed by atoms with E-state index in [-0.39, 0.29) is 11.5 Å². The van der Waals surface area contributed by atoms with E-state index in [1.165, 1.54) is 11.8 Å². The quantitative estimate of drug-likeness (QED) is 0.681. The van der Waals surface area contributed by atoms with Crippen molar-refractivity contribution in [2.45, 2.75) is 10.8 Å². The zero-order valence-electron chi connectivity index (χ0n) is 8.86. The van der Waals surface area contributed by atoms with Crippen molar-refractivity contribution in [3.63, 3.8) is 0 Å². The highest BCUT2D eigenvalue weighted by molar-refractivity contribution is 7.98. The summed E-state index contributed by atoms with van der Waals surface area (Å²) in [6.45, 7) is 0. The molecule has 0 bridgehead atoms. The van der Waals surface area contributed by atoms with Crippen LogP contribution in [0.5, 0.6) is 0 Å². The first-order chi connectivity index (χ1) is 8.16. The van der Waals surface area contributed by atoms with Crippen LogP contribution in [0.4, 0.5) is 10.1 Å². The van der Waals surface area contributed by atoms with Crippen molar-refractivity contribution in [3.05, 3.63) is 52.9 Å². The van der Waals surface area contributed by atoms with Crippen molar-refractivity contribution >= 4 is 29.1 Å². The van der Waals surface area contributed by atoms with Crippen molar-refractivity contribution < 1.29 is 4.39 Å². The minimum absolute atomic E-state index is 0.173. The molecular formula is C12H10ClFN2S. The summed E-state index contributed by atoms with van der Waals surface area (Å²) in [5.41, 5.74) is 6.24. The largest absolute Gasteiger partial charge is 0.396 e. The van der Waals surface area contributed by atoms with E-state index in [1.807, 2.05) is 0 Å². The van der Waals surface area contributed by atoms with Crippen LogP contribution in [0.1, 0.15) is 5.56 Å². The van der Waals surface area contributed by atoms with E-state index < -0.39 is 0 Å². The molecule has 0 fully saturated rings. The zero-order chi connectivity index (χ0) is 12.3. The topological polar surface area (TPSA) is 38.9 Å². The second-order valence-electron chi connectivity index (χ2n) is 3.42. The summed E-state index contributed by atoms with van der Waals surface area (Å²) in [4.78, 5) is 4.12. The molecule has 0 amide bonds. The fourth-order valence-electron chi connectivity index (χ4n) is 1.31. The van der Waals surface area contributed by atoms with Crippen molar-refractivity contribution in [3.8, 4) is 0 Å². The second kappa shape index (κ2) is 5.38. The van der Waals surface area contributed by atoms with E-state index in [4.69, 9.17) is 17.3 Å². The van der Waals surface area contributed by atoms with Crippen LogP contribution < -0.4 is 5.73 Å². The number of halogens is 2. The molecular weight excluding hydrogens is 259 g/mol. The summed E-state index contributed by atoms with van der Waals surface area (Å²) in [6.07, 6.45) is 1.57. The van der Waals surface area contributed by atoms with Gasteiger partial charge in [0.1, 0.15) is 5.82 Å². The zero-order valence-corrected chi connectivity index (χ0v) is 10.4. The standard InChI is InChI=1S/C12H10ClFN2S/c13-9-4-5-11(16-6-9)17-7-8-2-1-3-10(15)12(8)14/h1-6H,7,15H2. The Bertz CT molecular complexity index is 516. The maximum absolute atomic E-state index is 13.6. The number of aromatic nitrogens is 1. The monoisotopic (exact) mass is 268 g/mol. The number of anilines is 1. The van der Waals surface area contributed by atoms with Gasteiger partial charge in [-0.25, -0.2) is 9.37 Å². The second-order valence-corrected chi connectivity index (χ2v) is 4.86. The van der Waals surface area contributed by atoms with Crippen LogP contribution in [0.3, 0.4) is 0 Å². The van der Waals surface area contributed by atoms with Gasteiger partial charge in [-0.2, -0.15) is 0 Å². The maximum Gasteiger partial charge on any atom is 0.150 e. The third-order valence-electron chi connectivity index (χ3n) is 2.18. The third-order valence-corrected chi connectivity index (χ3v) is 3.40. The normalized spacial score (nSPS) is 10.5. The van der Waals surface area contributed by atoms with Crippen molar-refractivity contribution in [2.24, 2.45) is 0 Å². The lowest BCUT2D eigenvalue weighted by Crippen LogP contribution is -1.95. The van der Waals surface area contributed by atoms with E-state index >= 15 is 0 Å². The molecule has 0 aliphatic heterocycles. The molecule has 88 valence electrons. The number of thioether (sulfide) groups is 1. The van der Waals surface area contributed by atoms with Crippen molar-refractivity contribution in [1.82, 2.24) is 4.98 Å². The number of hydrogen-bond acceptors (Lipinski definition) is 3. The van der Waals surface area contributed by atoms with Gasteiger partial charge in [-0.05, 0) is 18.2 Å². The molecule has 5 heteroatoms. The first kappa shape index (κ1) is 12.2. The van der Waals surface area contributed by atoms with E-state index in [9.17, 15) is 4.39 Å². The van der Waals surface area contributed by atoms with E-state index in [1.54, 1.807) is 36.5 Å². The number of nitrogens with two attached hydrogens (primary N) is 1. The third kappa shape index (κ3) is 3.11. The Morgan fingerprint density at radius 2 is 2.12 bits per heavy atom. The van der Waals surface area contributed by atoms with Crippen LogP contribution in [-0.2, 0) is 5.75 Å². The van der Waals surface area contributed by atoms with Crippen LogP contribution in [0, 0.1) is 5.82 Å². The lowest BCUT2D eigenvalue weighted by Gasteiger charge is -2.04. The molecule has 0 aliphatic carbocycles. The van der Waals surface area contributed by atoms with E-state index in [0.717, 1.165) is 5.03 Å². The highest BCUT2D eigenvalue weighted by Crippen LogP contribution is 2.25. The SMILES string of the molecule is Nc1cccc(CSc2ccc(Cl)cn2)c1F. The van der Waals surface area contributed by atoms with Crippen LogP contribution in [-0.4, -0.2) is 4.98 Å². The lowest BCUT2D eigenvalue weighted by atomic mass is 10.2. The minimum Gasteiger partial charge on any atom is -0.396 e. The highest BCUT2D eigenvalue weighted by atomic mass is 35.5. The van der Waals surface area contributed by atoms with Crippen LogP contribution >= 0.6 is 23.4 Å². The van der Waals surface area contributed by atoms with Gasteiger partial charge in [0.05, 0.1) is 15.7 Å². The first-order valence-corrected chi connectivity index (χ1v) is 6.30. The fourth-order valence-corrected chi connectivity index (χ4v) is 2.24. The average Bonchev–Trinajstić information content (AvgIpc) is 2.33. The van der Waals surface area contributed by atoms with Crippen molar-refractivity contribution in [1.29, 1.82) is 0 Å². The Morgan fingerprint density at radius 1 is 1.29 bits per heavy atom. The summed E-state index contributed by atoms with van der Waals surface area (Å²) >= 11 is 7.17.